The van der Waals surface area contributed by atoms with E-state index in [4.69, 9.17) is 0 Å². The third-order valence-electron chi connectivity index (χ3n) is 3.53. The molecule has 2 rings (SSSR count). The zero-order valence-electron chi connectivity index (χ0n) is 14.8. The average Bonchev–Trinajstić information content (AvgIpc) is 2.63. The number of sulfone groups is 1. The summed E-state index contributed by atoms with van der Waals surface area (Å²) in [6, 6.07) is 11.3. The minimum Gasteiger partial charge on any atom is -0.357 e. The fourth-order valence-corrected chi connectivity index (χ4v) is 3.40. The molecule has 2 N–H and O–H groups in total. The molecular formula is C18H22F2IN3O2S. The van der Waals surface area contributed by atoms with Gasteiger partial charge in [0.2, 0.25) is 0 Å². The zero-order valence-corrected chi connectivity index (χ0v) is 17.9. The molecule has 0 saturated heterocycles. The Kier molecular flexibility index (Phi) is 9.64. The van der Waals surface area contributed by atoms with E-state index in [2.05, 4.69) is 15.6 Å². The first-order valence-electron chi connectivity index (χ1n) is 8.16. The molecule has 2 aromatic carbocycles. The minimum absolute atomic E-state index is 0. The first-order chi connectivity index (χ1) is 12.4. The van der Waals surface area contributed by atoms with Crippen molar-refractivity contribution >= 4 is 39.8 Å². The summed E-state index contributed by atoms with van der Waals surface area (Å²) >= 11 is 0. The Morgan fingerprint density at radius 3 is 2.44 bits per heavy atom. The Hall–Kier alpha value is -1.75. The lowest BCUT2D eigenvalue weighted by Gasteiger charge is -2.12. The number of guanidine groups is 1. The summed E-state index contributed by atoms with van der Waals surface area (Å²) in [5, 5.41) is 5.84. The van der Waals surface area contributed by atoms with Gasteiger partial charge in [-0.25, -0.2) is 22.2 Å². The highest BCUT2D eigenvalue weighted by Gasteiger charge is 2.13. The fourth-order valence-electron chi connectivity index (χ4n) is 2.22. The second-order valence-corrected chi connectivity index (χ2v) is 7.60. The number of hydrogen-bond acceptors (Lipinski definition) is 3. The molecule has 0 bridgehead atoms. The predicted molar refractivity (Wildman–Crippen MR) is 113 cm³/mol. The molecule has 0 heterocycles. The summed E-state index contributed by atoms with van der Waals surface area (Å²) in [5.41, 5.74) is 0.124. The van der Waals surface area contributed by atoms with Gasteiger partial charge in [0.15, 0.2) is 15.8 Å². The molecule has 0 saturated carbocycles. The normalized spacial score (nSPS) is 11.6. The quantitative estimate of drug-likeness (QED) is 0.342. The second-order valence-electron chi connectivity index (χ2n) is 5.49. The van der Waals surface area contributed by atoms with Gasteiger partial charge < -0.3 is 10.6 Å². The van der Waals surface area contributed by atoms with Crippen LogP contribution >= 0.6 is 24.0 Å². The van der Waals surface area contributed by atoms with E-state index in [0.717, 1.165) is 18.2 Å². The number of nitrogens with zero attached hydrogens (tertiary/aromatic N) is 1. The van der Waals surface area contributed by atoms with Gasteiger partial charge in [0.1, 0.15) is 11.6 Å². The SMILES string of the molecule is CCNC(=NCc1cc(F)ccc1F)NCCS(=O)(=O)c1ccccc1.I. The molecule has 2 aromatic rings. The number of rotatable bonds is 7. The number of halogens is 3. The summed E-state index contributed by atoms with van der Waals surface area (Å²) in [6.45, 7) is 2.46. The highest BCUT2D eigenvalue weighted by atomic mass is 127. The molecular weight excluding hydrogens is 487 g/mol. The molecule has 9 heteroatoms. The summed E-state index contributed by atoms with van der Waals surface area (Å²) < 4.78 is 51.3. The lowest BCUT2D eigenvalue weighted by Crippen LogP contribution is -2.39. The van der Waals surface area contributed by atoms with Crippen molar-refractivity contribution in [1.29, 1.82) is 0 Å². The lowest BCUT2D eigenvalue weighted by molar-refractivity contribution is 0.585. The van der Waals surface area contributed by atoms with Gasteiger partial charge >= 0.3 is 0 Å². The smallest absolute Gasteiger partial charge is 0.191 e. The van der Waals surface area contributed by atoms with Crippen LogP contribution in [0.3, 0.4) is 0 Å². The van der Waals surface area contributed by atoms with Crippen LogP contribution in [0, 0.1) is 11.6 Å². The van der Waals surface area contributed by atoms with Gasteiger partial charge in [0.05, 0.1) is 17.2 Å². The van der Waals surface area contributed by atoms with E-state index in [1.54, 1.807) is 30.3 Å². The first-order valence-corrected chi connectivity index (χ1v) is 9.81. The van der Waals surface area contributed by atoms with E-state index >= 15 is 0 Å². The van der Waals surface area contributed by atoms with Crippen LogP contribution in [0.1, 0.15) is 12.5 Å². The van der Waals surface area contributed by atoms with Crippen molar-refractivity contribution in [1.82, 2.24) is 10.6 Å². The van der Waals surface area contributed by atoms with Gasteiger partial charge in [-0.3, -0.25) is 0 Å². The molecule has 0 aliphatic rings. The number of nitrogens with one attached hydrogen (secondary N) is 2. The second kappa shape index (κ2) is 11.2. The van der Waals surface area contributed by atoms with Gasteiger partial charge in [0.25, 0.3) is 0 Å². The van der Waals surface area contributed by atoms with Gasteiger partial charge in [-0.05, 0) is 37.3 Å². The van der Waals surface area contributed by atoms with Crippen molar-refractivity contribution < 1.29 is 17.2 Å². The Balaban J connectivity index is 0.00000364. The maximum atomic E-state index is 13.6. The van der Waals surface area contributed by atoms with Gasteiger partial charge in [0, 0.05) is 18.7 Å². The molecule has 0 atom stereocenters. The summed E-state index contributed by atoms with van der Waals surface area (Å²) in [5.74, 6) is -0.865. The monoisotopic (exact) mass is 509 g/mol. The van der Waals surface area contributed by atoms with E-state index in [1.807, 2.05) is 6.92 Å². The molecule has 0 spiro atoms. The molecule has 0 fully saturated rings. The van der Waals surface area contributed by atoms with Crippen LogP contribution in [-0.2, 0) is 16.4 Å². The minimum atomic E-state index is -3.41. The number of aliphatic imine (C=N–C) groups is 1. The van der Waals surface area contributed by atoms with Crippen LogP contribution in [0.15, 0.2) is 58.4 Å². The van der Waals surface area contributed by atoms with Crippen LogP contribution in [0.25, 0.3) is 0 Å². The molecule has 5 nitrogen and oxygen atoms in total. The molecule has 0 aliphatic carbocycles. The van der Waals surface area contributed by atoms with Crippen molar-refractivity contribution in [3.05, 3.63) is 65.7 Å². The summed E-state index contributed by atoms with van der Waals surface area (Å²) in [6.07, 6.45) is 0. The van der Waals surface area contributed by atoms with Crippen LogP contribution in [0.2, 0.25) is 0 Å². The summed E-state index contributed by atoms with van der Waals surface area (Å²) in [4.78, 5) is 4.43. The van der Waals surface area contributed by atoms with Crippen molar-refractivity contribution in [3.63, 3.8) is 0 Å². The maximum Gasteiger partial charge on any atom is 0.191 e. The van der Waals surface area contributed by atoms with Crippen molar-refractivity contribution in [2.24, 2.45) is 4.99 Å². The maximum absolute atomic E-state index is 13.6. The van der Waals surface area contributed by atoms with Gasteiger partial charge in [-0.1, -0.05) is 18.2 Å². The molecule has 0 aliphatic heterocycles. The van der Waals surface area contributed by atoms with Crippen LogP contribution in [0.5, 0.6) is 0 Å². The van der Waals surface area contributed by atoms with E-state index in [1.165, 1.54) is 0 Å². The van der Waals surface area contributed by atoms with Crippen molar-refractivity contribution in [3.8, 4) is 0 Å². The first kappa shape index (κ1) is 23.3. The van der Waals surface area contributed by atoms with Crippen LogP contribution < -0.4 is 10.6 Å². The van der Waals surface area contributed by atoms with E-state index in [0.29, 0.717) is 12.5 Å². The Morgan fingerprint density at radius 2 is 1.78 bits per heavy atom. The molecule has 148 valence electrons. The average molecular weight is 509 g/mol. The topological polar surface area (TPSA) is 70.6 Å². The van der Waals surface area contributed by atoms with Crippen molar-refractivity contribution in [2.75, 3.05) is 18.8 Å². The zero-order chi connectivity index (χ0) is 19.0. The lowest BCUT2D eigenvalue weighted by atomic mass is 10.2. The Labute approximate surface area is 175 Å². The molecule has 0 unspecified atom stereocenters. The highest BCUT2D eigenvalue weighted by Crippen LogP contribution is 2.11. The number of hydrogen-bond donors (Lipinski definition) is 2. The Bertz CT molecular complexity index is 862. The molecule has 0 aromatic heterocycles. The van der Waals surface area contributed by atoms with E-state index in [9.17, 15) is 17.2 Å². The van der Waals surface area contributed by atoms with Crippen LogP contribution in [-0.4, -0.2) is 33.2 Å². The van der Waals surface area contributed by atoms with Gasteiger partial charge in [-0.15, -0.1) is 24.0 Å². The third-order valence-corrected chi connectivity index (χ3v) is 5.26. The molecule has 0 radical (unpaired) electrons. The van der Waals surface area contributed by atoms with Crippen LogP contribution in [0.4, 0.5) is 8.78 Å². The number of benzene rings is 2. The third kappa shape index (κ3) is 7.41. The van der Waals surface area contributed by atoms with E-state index in [-0.39, 0.29) is 53.3 Å². The largest absolute Gasteiger partial charge is 0.357 e. The predicted octanol–water partition coefficient (Wildman–Crippen LogP) is 3.11. The Morgan fingerprint density at radius 1 is 1.07 bits per heavy atom. The van der Waals surface area contributed by atoms with Crippen molar-refractivity contribution in [2.45, 2.75) is 18.4 Å². The van der Waals surface area contributed by atoms with Gasteiger partial charge in [-0.2, -0.15) is 0 Å². The highest BCUT2D eigenvalue weighted by molar-refractivity contribution is 14.0. The summed E-state index contributed by atoms with van der Waals surface area (Å²) in [7, 11) is -3.41. The van der Waals surface area contributed by atoms with E-state index < -0.39 is 21.5 Å². The molecule has 0 amide bonds. The standard InChI is InChI=1S/C18H21F2N3O2S.HI/c1-2-21-18(23-13-14-12-15(19)8-9-17(14)20)22-10-11-26(24,25)16-6-4-3-5-7-16;/h3-9,12H,2,10-11,13H2,1H3,(H2,21,22,23);1H. The molecule has 27 heavy (non-hydrogen) atoms. The fraction of sp³-hybridized carbons (Fsp3) is 0.278.